The van der Waals surface area contributed by atoms with Gasteiger partial charge in [0.15, 0.2) is 11.2 Å². The Morgan fingerprint density at radius 1 is 1.11 bits per heavy atom. The summed E-state index contributed by atoms with van der Waals surface area (Å²) in [6, 6.07) is 16.4. The molecule has 3 aromatic rings. The normalized spacial score (nSPS) is 11.9. The van der Waals surface area contributed by atoms with Gasteiger partial charge >= 0.3 is 0 Å². The molecule has 0 saturated carbocycles. The van der Waals surface area contributed by atoms with Crippen LogP contribution in [-0.2, 0) is 0 Å². The van der Waals surface area contributed by atoms with Crippen molar-refractivity contribution < 1.29 is 9.21 Å². The van der Waals surface area contributed by atoms with Gasteiger partial charge in [-0.05, 0) is 38.7 Å². The number of hydrogen-bond donors (Lipinski definition) is 1. The van der Waals surface area contributed by atoms with Crippen LogP contribution >= 0.6 is 12.4 Å². The lowest BCUT2D eigenvalue weighted by molar-refractivity contribution is 0.0914. The zero-order valence-corrected chi connectivity index (χ0v) is 16.4. The fourth-order valence-corrected chi connectivity index (χ4v) is 2.88. The minimum absolute atomic E-state index is 0. The molecule has 2 aromatic carbocycles. The van der Waals surface area contributed by atoms with Crippen LogP contribution in [0.4, 0.5) is 0 Å². The Labute approximate surface area is 164 Å². The summed E-state index contributed by atoms with van der Waals surface area (Å²) in [6.07, 6.45) is 0. The van der Waals surface area contributed by atoms with E-state index in [1.165, 1.54) is 11.6 Å². The minimum atomic E-state index is -0.396. The maximum Gasteiger partial charge on any atom is 0.287 e. The fourth-order valence-electron chi connectivity index (χ4n) is 2.88. The van der Waals surface area contributed by atoms with Crippen molar-refractivity contribution >= 4 is 29.3 Å². The minimum Gasteiger partial charge on any atom is -0.451 e. The van der Waals surface area contributed by atoms with Gasteiger partial charge in [0.25, 0.3) is 5.91 Å². The molecule has 0 radical (unpaired) electrons. The number of fused-ring (bicyclic) bond motifs is 1. The van der Waals surface area contributed by atoms with Crippen LogP contribution in [0.1, 0.15) is 27.7 Å². The van der Waals surface area contributed by atoms with Crippen LogP contribution in [0.15, 0.2) is 63.8 Å². The molecule has 1 heterocycles. The summed E-state index contributed by atoms with van der Waals surface area (Å²) in [6.45, 7) is 2.45. The fraction of sp³-hybridized carbons (Fsp3) is 0.238. The van der Waals surface area contributed by atoms with Gasteiger partial charge in [-0.1, -0.05) is 42.0 Å². The van der Waals surface area contributed by atoms with Crippen molar-refractivity contribution in [3.63, 3.8) is 0 Å². The monoisotopic (exact) mass is 386 g/mol. The van der Waals surface area contributed by atoms with Crippen molar-refractivity contribution in [3.05, 3.63) is 81.7 Å². The van der Waals surface area contributed by atoms with Gasteiger partial charge in [-0.25, -0.2) is 0 Å². The van der Waals surface area contributed by atoms with Gasteiger partial charge < -0.3 is 14.6 Å². The number of nitrogens with zero attached hydrogens (tertiary/aromatic N) is 1. The molecule has 6 heteroatoms. The van der Waals surface area contributed by atoms with Crippen LogP contribution in [0.3, 0.4) is 0 Å². The van der Waals surface area contributed by atoms with E-state index in [4.69, 9.17) is 4.42 Å². The van der Waals surface area contributed by atoms with Crippen molar-refractivity contribution in [2.45, 2.75) is 13.0 Å². The maximum absolute atomic E-state index is 12.5. The van der Waals surface area contributed by atoms with Crippen LogP contribution in [0.2, 0.25) is 0 Å². The van der Waals surface area contributed by atoms with Crippen LogP contribution in [0, 0.1) is 6.92 Å². The highest BCUT2D eigenvalue weighted by Gasteiger charge is 2.17. The van der Waals surface area contributed by atoms with E-state index in [2.05, 4.69) is 29.6 Å². The summed E-state index contributed by atoms with van der Waals surface area (Å²) in [5.74, 6) is -0.373. The number of nitrogens with one attached hydrogen (secondary N) is 1. The number of para-hydroxylation sites is 1. The summed E-state index contributed by atoms with van der Waals surface area (Å²) >= 11 is 0. The number of benzene rings is 2. The second kappa shape index (κ2) is 8.84. The van der Waals surface area contributed by atoms with Crippen molar-refractivity contribution in [2.75, 3.05) is 20.6 Å². The van der Waals surface area contributed by atoms with Crippen molar-refractivity contribution in [2.24, 2.45) is 0 Å². The molecule has 3 rings (SSSR count). The van der Waals surface area contributed by atoms with Crippen LogP contribution < -0.4 is 10.7 Å². The first kappa shape index (κ1) is 20.7. The number of hydrogen-bond acceptors (Lipinski definition) is 4. The molecule has 5 nitrogen and oxygen atoms in total. The van der Waals surface area contributed by atoms with Crippen molar-refractivity contribution in [1.82, 2.24) is 10.2 Å². The molecule has 0 spiro atoms. The van der Waals surface area contributed by atoms with Crippen molar-refractivity contribution in [1.29, 1.82) is 0 Å². The molecule has 0 saturated heterocycles. The number of aryl methyl sites for hydroxylation is 1. The molecule has 0 bridgehead atoms. The smallest absolute Gasteiger partial charge is 0.287 e. The average molecular weight is 387 g/mol. The predicted molar refractivity (Wildman–Crippen MR) is 110 cm³/mol. The van der Waals surface area contributed by atoms with E-state index in [1.54, 1.807) is 24.3 Å². The SMILES string of the molecule is Cc1ccc(C(CNC(=O)c2cc(=O)c3ccccc3o2)N(C)C)cc1.Cl. The molecule has 0 fully saturated rings. The summed E-state index contributed by atoms with van der Waals surface area (Å²) < 4.78 is 5.59. The van der Waals surface area contributed by atoms with Crippen LogP contribution in [0.5, 0.6) is 0 Å². The van der Waals surface area contributed by atoms with Gasteiger partial charge in [0.2, 0.25) is 0 Å². The summed E-state index contributed by atoms with van der Waals surface area (Å²) in [7, 11) is 3.93. The lowest BCUT2D eigenvalue weighted by Crippen LogP contribution is -2.34. The van der Waals surface area contributed by atoms with E-state index in [0.717, 1.165) is 5.56 Å². The van der Waals surface area contributed by atoms with Gasteiger partial charge in [-0.15, -0.1) is 12.4 Å². The van der Waals surface area contributed by atoms with Gasteiger partial charge in [-0.3, -0.25) is 9.59 Å². The van der Waals surface area contributed by atoms with E-state index in [9.17, 15) is 9.59 Å². The molecule has 0 aliphatic heterocycles. The molecule has 142 valence electrons. The van der Waals surface area contributed by atoms with Crippen LogP contribution in [0.25, 0.3) is 11.0 Å². The molecule has 0 aliphatic rings. The number of carbonyl (C=O) groups is 1. The molecule has 1 atom stereocenters. The number of amides is 1. The summed E-state index contributed by atoms with van der Waals surface area (Å²) in [5.41, 5.74) is 2.49. The van der Waals surface area contributed by atoms with E-state index in [0.29, 0.717) is 17.5 Å². The number of halogens is 1. The Morgan fingerprint density at radius 3 is 2.44 bits per heavy atom. The Morgan fingerprint density at radius 2 is 1.78 bits per heavy atom. The Bertz CT molecular complexity index is 981. The molecule has 1 amide bonds. The first-order chi connectivity index (χ1) is 12.5. The van der Waals surface area contributed by atoms with Gasteiger partial charge in [-0.2, -0.15) is 0 Å². The third-order valence-corrected chi connectivity index (χ3v) is 4.40. The zero-order valence-electron chi connectivity index (χ0n) is 15.6. The summed E-state index contributed by atoms with van der Waals surface area (Å²) in [5, 5.41) is 3.34. The third kappa shape index (κ3) is 4.76. The zero-order chi connectivity index (χ0) is 18.7. The number of carbonyl (C=O) groups excluding carboxylic acids is 1. The Balaban J connectivity index is 0.00000261. The van der Waals surface area contributed by atoms with Crippen molar-refractivity contribution in [3.8, 4) is 0 Å². The van der Waals surface area contributed by atoms with E-state index in [1.807, 2.05) is 25.9 Å². The van der Waals surface area contributed by atoms with Gasteiger partial charge in [0.1, 0.15) is 5.58 Å². The Hall–Kier alpha value is -2.63. The highest BCUT2D eigenvalue weighted by atomic mass is 35.5. The van der Waals surface area contributed by atoms with Gasteiger partial charge in [0, 0.05) is 12.6 Å². The molecule has 27 heavy (non-hydrogen) atoms. The topological polar surface area (TPSA) is 62.6 Å². The lowest BCUT2D eigenvalue weighted by Gasteiger charge is -2.25. The maximum atomic E-state index is 12.5. The molecular weight excluding hydrogens is 364 g/mol. The van der Waals surface area contributed by atoms with Gasteiger partial charge in [0.05, 0.1) is 11.4 Å². The standard InChI is InChI=1S/C21H22N2O3.ClH/c1-14-8-10-15(11-9-14)17(23(2)3)13-22-21(25)20-12-18(24)16-6-4-5-7-19(16)26-20;/h4-12,17H,13H2,1-3H3,(H,22,25);1H. The number of rotatable bonds is 5. The Kier molecular flexibility index (Phi) is 6.77. The van der Waals surface area contributed by atoms with E-state index < -0.39 is 5.91 Å². The second-order valence-corrected chi connectivity index (χ2v) is 6.57. The molecule has 1 N–H and O–H groups in total. The summed E-state index contributed by atoms with van der Waals surface area (Å²) in [4.78, 5) is 26.7. The van der Waals surface area contributed by atoms with E-state index in [-0.39, 0.29) is 29.6 Å². The average Bonchev–Trinajstić information content (AvgIpc) is 2.63. The molecule has 0 aliphatic carbocycles. The molecule has 1 aromatic heterocycles. The predicted octanol–water partition coefficient (Wildman–Crippen LogP) is 3.56. The number of likely N-dealkylation sites (N-methyl/N-ethyl adjacent to an activating group) is 1. The second-order valence-electron chi connectivity index (χ2n) is 6.57. The largest absolute Gasteiger partial charge is 0.451 e. The third-order valence-electron chi connectivity index (χ3n) is 4.40. The molecular formula is C21H23ClN2O3. The quantitative estimate of drug-likeness (QED) is 0.728. The highest BCUT2D eigenvalue weighted by molar-refractivity contribution is 5.93. The van der Waals surface area contributed by atoms with E-state index >= 15 is 0 Å². The lowest BCUT2D eigenvalue weighted by atomic mass is 10.0. The van der Waals surface area contributed by atoms with Crippen LogP contribution in [-0.4, -0.2) is 31.4 Å². The first-order valence-corrected chi connectivity index (χ1v) is 8.50. The molecule has 1 unspecified atom stereocenters. The highest BCUT2D eigenvalue weighted by Crippen LogP contribution is 2.18. The first-order valence-electron chi connectivity index (χ1n) is 8.50.